The van der Waals surface area contributed by atoms with E-state index in [0.717, 1.165) is 0 Å². The van der Waals surface area contributed by atoms with Gasteiger partial charge >= 0.3 is 0 Å². The quantitative estimate of drug-likeness (QED) is 0.754. The van der Waals surface area contributed by atoms with E-state index >= 15 is 0 Å². The van der Waals surface area contributed by atoms with Gasteiger partial charge in [0.1, 0.15) is 11.4 Å². The molecular weight excluding hydrogens is 276 g/mol. The number of nitrogens with zero attached hydrogens (tertiary/aromatic N) is 2. The van der Waals surface area contributed by atoms with E-state index in [4.69, 9.17) is 9.47 Å². The van der Waals surface area contributed by atoms with Crippen LogP contribution in [0.2, 0.25) is 0 Å². The Morgan fingerprint density at radius 1 is 1.14 bits per heavy atom. The molecule has 0 radical (unpaired) electrons. The number of hydrogen-bond acceptors (Lipinski definition) is 6. The SMILES string of the molecule is COc1cc(O)c2c(c1OC)C(=O)c1c(cnn1C)C2=O. The minimum Gasteiger partial charge on any atom is -0.507 e. The number of carbonyl (C=O) groups excluding carboxylic acids is 2. The summed E-state index contributed by atoms with van der Waals surface area (Å²) < 4.78 is 11.6. The third kappa shape index (κ3) is 1.57. The summed E-state index contributed by atoms with van der Waals surface area (Å²) in [6.07, 6.45) is 1.31. The molecule has 2 aromatic rings. The molecule has 1 aliphatic rings. The highest BCUT2D eigenvalue weighted by Gasteiger charge is 2.38. The van der Waals surface area contributed by atoms with Crippen LogP contribution in [0.5, 0.6) is 17.2 Å². The summed E-state index contributed by atoms with van der Waals surface area (Å²) in [6, 6.07) is 1.25. The second-order valence-corrected chi connectivity index (χ2v) is 4.57. The maximum Gasteiger partial charge on any atom is 0.216 e. The number of benzene rings is 1. The first-order chi connectivity index (χ1) is 10.0. The average molecular weight is 288 g/mol. The molecule has 0 saturated carbocycles. The Labute approximate surface area is 119 Å². The second-order valence-electron chi connectivity index (χ2n) is 4.57. The third-order valence-corrected chi connectivity index (χ3v) is 3.50. The van der Waals surface area contributed by atoms with Crippen LogP contribution in [-0.4, -0.2) is 40.7 Å². The fourth-order valence-electron chi connectivity index (χ4n) is 2.55. The molecule has 0 unspecified atom stereocenters. The average Bonchev–Trinajstić information content (AvgIpc) is 2.86. The number of carbonyl (C=O) groups is 2. The van der Waals surface area contributed by atoms with Gasteiger partial charge in [-0.15, -0.1) is 0 Å². The van der Waals surface area contributed by atoms with Crippen molar-refractivity contribution in [1.82, 2.24) is 9.78 Å². The number of ether oxygens (including phenoxy) is 2. The van der Waals surface area contributed by atoms with E-state index in [1.165, 1.54) is 31.2 Å². The lowest BCUT2D eigenvalue weighted by Crippen LogP contribution is -2.23. The van der Waals surface area contributed by atoms with Crippen LogP contribution in [-0.2, 0) is 7.05 Å². The number of aromatic nitrogens is 2. The molecule has 3 rings (SSSR count). The van der Waals surface area contributed by atoms with E-state index in [2.05, 4.69) is 5.10 Å². The summed E-state index contributed by atoms with van der Waals surface area (Å²) in [4.78, 5) is 25.2. The molecule has 0 atom stereocenters. The number of phenols is 1. The lowest BCUT2D eigenvalue weighted by Gasteiger charge is -2.20. The van der Waals surface area contributed by atoms with E-state index in [1.54, 1.807) is 7.05 Å². The van der Waals surface area contributed by atoms with Crippen LogP contribution >= 0.6 is 0 Å². The van der Waals surface area contributed by atoms with Gasteiger partial charge in [-0.05, 0) is 0 Å². The Hall–Kier alpha value is -2.83. The largest absolute Gasteiger partial charge is 0.507 e. The van der Waals surface area contributed by atoms with Gasteiger partial charge in [0.15, 0.2) is 11.5 Å². The first-order valence-electron chi connectivity index (χ1n) is 6.10. The number of rotatable bonds is 2. The zero-order chi connectivity index (χ0) is 15.3. The standard InChI is InChI=1S/C14H12N2O5/c1-16-11-6(5-15-16)12(18)9-7(17)4-8(20-2)14(21-3)10(9)13(11)19/h4-5,17H,1-3H3. The molecule has 108 valence electrons. The Bertz CT molecular complexity index is 791. The van der Waals surface area contributed by atoms with Crippen molar-refractivity contribution in [1.29, 1.82) is 0 Å². The highest BCUT2D eigenvalue weighted by atomic mass is 16.5. The number of methoxy groups -OCH3 is 2. The molecule has 1 heterocycles. The molecule has 0 bridgehead atoms. The lowest BCUT2D eigenvalue weighted by atomic mass is 9.86. The molecule has 1 N–H and O–H groups in total. The van der Waals surface area contributed by atoms with Crippen molar-refractivity contribution in [2.24, 2.45) is 7.05 Å². The molecule has 0 aliphatic heterocycles. The van der Waals surface area contributed by atoms with Crippen molar-refractivity contribution in [2.75, 3.05) is 14.2 Å². The van der Waals surface area contributed by atoms with Gasteiger partial charge in [-0.1, -0.05) is 0 Å². The van der Waals surface area contributed by atoms with Crippen LogP contribution in [0.15, 0.2) is 12.3 Å². The summed E-state index contributed by atoms with van der Waals surface area (Å²) in [6.45, 7) is 0. The predicted molar refractivity (Wildman–Crippen MR) is 71.3 cm³/mol. The normalized spacial score (nSPS) is 12.9. The maximum absolute atomic E-state index is 12.7. The third-order valence-electron chi connectivity index (χ3n) is 3.50. The topological polar surface area (TPSA) is 90.7 Å². The van der Waals surface area contributed by atoms with Crippen LogP contribution in [0.4, 0.5) is 0 Å². The van der Waals surface area contributed by atoms with Crippen molar-refractivity contribution < 1.29 is 24.2 Å². The van der Waals surface area contributed by atoms with Gasteiger partial charge in [0, 0.05) is 13.1 Å². The number of hydrogen-bond donors (Lipinski definition) is 1. The zero-order valence-electron chi connectivity index (χ0n) is 11.6. The van der Waals surface area contributed by atoms with Crippen molar-refractivity contribution in [3.63, 3.8) is 0 Å². The number of fused-ring (bicyclic) bond motifs is 2. The highest BCUT2D eigenvalue weighted by Crippen LogP contribution is 2.43. The molecule has 1 aliphatic carbocycles. The van der Waals surface area contributed by atoms with Gasteiger partial charge < -0.3 is 14.6 Å². The smallest absolute Gasteiger partial charge is 0.216 e. The minimum absolute atomic E-state index is 0.00421. The Balaban J connectivity index is 2.41. The molecular formula is C14H12N2O5. The van der Waals surface area contributed by atoms with Crippen LogP contribution in [0.25, 0.3) is 0 Å². The molecule has 0 saturated heterocycles. The van der Waals surface area contributed by atoms with Crippen molar-refractivity contribution >= 4 is 11.6 Å². The minimum atomic E-state index is -0.467. The monoisotopic (exact) mass is 288 g/mol. The van der Waals surface area contributed by atoms with E-state index in [9.17, 15) is 14.7 Å². The summed E-state index contributed by atoms with van der Waals surface area (Å²) in [5, 5.41) is 14.0. The van der Waals surface area contributed by atoms with Gasteiger partial charge in [0.05, 0.1) is 37.1 Å². The van der Waals surface area contributed by atoms with Crippen LogP contribution in [0, 0.1) is 0 Å². The number of aromatic hydroxyl groups is 1. The van der Waals surface area contributed by atoms with Gasteiger partial charge in [-0.2, -0.15) is 5.10 Å². The molecule has 7 heteroatoms. The Morgan fingerprint density at radius 2 is 1.86 bits per heavy atom. The summed E-state index contributed by atoms with van der Waals surface area (Å²) in [7, 11) is 4.32. The van der Waals surface area contributed by atoms with E-state index in [-0.39, 0.29) is 39.6 Å². The summed E-state index contributed by atoms with van der Waals surface area (Å²) in [5.41, 5.74) is 0.240. The Kier molecular flexibility index (Phi) is 2.72. The molecule has 0 fully saturated rings. The number of ketones is 2. The van der Waals surface area contributed by atoms with Crippen molar-refractivity contribution in [3.05, 3.63) is 34.6 Å². The zero-order valence-corrected chi connectivity index (χ0v) is 11.6. The van der Waals surface area contributed by atoms with Crippen molar-refractivity contribution in [3.8, 4) is 17.2 Å². The Morgan fingerprint density at radius 3 is 2.48 bits per heavy atom. The van der Waals surface area contributed by atoms with Gasteiger partial charge in [0.25, 0.3) is 0 Å². The van der Waals surface area contributed by atoms with E-state index in [1.807, 2.05) is 0 Å². The van der Waals surface area contributed by atoms with Crippen molar-refractivity contribution in [2.45, 2.75) is 0 Å². The molecule has 0 spiro atoms. The maximum atomic E-state index is 12.7. The molecule has 1 aromatic heterocycles. The van der Waals surface area contributed by atoms with Gasteiger partial charge in [0.2, 0.25) is 11.6 Å². The van der Waals surface area contributed by atoms with Gasteiger partial charge in [-0.25, -0.2) is 0 Å². The van der Waals surface area contributed by atoms with Crippen LogP contribution < -0.4 is 9.47 Å². The van der Waals surface area contributed by atoms with E-state index < -0.39 is 11.6 Å². The first kappa shape index (κ1) is 13.2. The summed E-state index contributed by atoms with van der Waals surface area (Å²) >= 11 is 0. The molecule has 1 aromatic carbocycles. The van der Waals surface area contributed by atoms with Crippen LogP contribution in [0.1, 0.15) is 32.0 Å². The van der Waals surface area contributed by atoms with Crippen LogP contribution in [0.3, 0.4) is 0 Å². The highest BCUT2D eigenvalue weighted by molar-refractivity contribution is 6.29. The fourth-order valence-corrected chi connectivity index (χ4v) is 2.55. The fraction of sp³-hybridized carbons (Fsp3) is 0.214. The molecule has 0 amide bonds. The van der Waals surface area contributed by atoms with Gasteiger partial charge in [-0.3, -0.25) is 14.3 Å². The van der Waals surface area contributed by atoms with E-state index in [0.29, 0.717) is 0 Å². The first-order valence-corrected chi connectivity index (χ1v) is 6.10. The number of aryl methyl sites for hydroxylation is 1. The lowest BCUT2D eigenvalue weighted by molar-refractivity contribution is 0.0968. The molecule has 21 heavy (non-hydrogen) atoms. The molecule has 7 nitrogen and oxygen atoms in total. The number of phenolic OH excluding ortho intramolecular Hbond substituents is 1. The second kappa shape index (κ2) is 4.34. The predicted octanol–water partition coefficient (Wildman–Crippen LogP) is 0.918. The summed E-state index contributed by atoms with van der Waals surface area (Å²) in [5.74, 6) is -0.927.